The molecule has 2 atom stereocenters. The number of nitrogens with zero attached hydrogens (tertiary/aromatic N) is 1. The third kappa shape index (κ3) is 2.40. The van der Waals surface area contributed by atoms with Crippen LogP contribution in [0.2, 0.25) is 0 Å². The van der Waals surface area contributed by atoms with Gasteiger partial charge in [0.15, 0.2) is 0 Å². The van der Waals surface area contributed by atoms with E-state index in [1.165, 1.54) is 5.56 Å². The van der Waals surface area contributed by atoms with Gasteiger partial charge in [0.1, 0.15) is 5.82 Å². The third-order valence-corrected chi connectivity index (χ3v) is 5.72. The first-order valence-electron chi connectivity index (χ1n) is 8.13. The van der Waals surface area contributed by atoms with Crippen LogP contribution in [0.3, 0.4) is 0 Å². The van der Waals surface area contributed by atoms with Crippen molar-refractivity contribution < 1.29 is 9.50 Å². The molecule has 2 aliphatic rings. The van der Waals surface area contributed by atoms with Crippen LogP contribution in [-0.2, 0) is 11.8 Å². The van der Waals surface area contributed by atoms with E-state index in [9.17, 15) is 9.50 Å². The van der Waals surface area contributed by atoms with Crippen LogP contribution in [0.25, 0.3) is 0 Å². The molecule has 2 nitrogen and oxygen atoms in total. The highest BCUT2D eigenvalue weighted by molar-refractivity contribution is 5.42. The number of fused-ring (bicyclic) bond motifs is 3. The van der Waals surface area contributed by atoms with Gasteiger partial charge in [0.2, 0.25) is 0 Å². The van der Waals surface area contributed by atoms with E-state index in [1.54, 1.807) is 12.1 Å². The second-order valence-electron chi connectivity index (χ2n) is 7.18. The highest BCUT2D eigenvalue weighted by atomic mass is 19.1. The monoisotopic (exact) mass is 291 g/mol. The van der Waals surface area contributed by atoms with Crippen molar-refractivity contribution in [1.82, 2.24) is 4.90 Å². The molecule has 0 bridgehead atoms. The van der Waals surface area contributed by atoms with Crippen LogP contribution >= 0.6 is 0 Å². The Labute approximate surface area is 127 Å². The summed E-state index contributed by atoms with van der Waals surface area (Å²) < 4.78 is 13.9. The molecule has 1 aromatic carbocycles. The number of rotatable bonds is 3. The molecule has 21 heavy (non-hydrogen) atoms. The lowest BCUT2D eigenvalue weighted by Crippen LogP contribution is -2.57. The molecule has 0 heterocycles. The fourth-order valence-corrected chi connectivity index (χ4v) is 4.53. The van der Waals surface area contributed by atoms with E-state index in [0.717, 1.165) is 57.1 Å². The van der Waals surface area contributed by atoms with Crippen molar-refractivity contribution in [2.45, 2.75) is 56.0 Å². The summed E-state index contributed by atoms with van der Waals surface area (Å²) >= 11 is 0. The van der Waals surface area contributed by atoms with Gasteiger partial charge in [0.25, 0.3) is 0 Å². The highest BCUT2D eigenvalue weighted by Gasteiger charge is 2.54. The van der Waals surface area contributed by atoms with E-state index in [1.807, 2.05) is 6.07 Å². The molecule has 1 N–H and O–H groups in total. The van der Waals surface area contributed by atoms with Gasteiger partial charge in [-0.25, -0.2) is 4.39 Å². The first-order valence-corrected chi connectivity index (χ1v) is 8.13. The largest absolute Gasteiger partial charge is 0.389 e. The van der Waals surface area contributed by atoms with Gasteiger partial charge in [-0.2, -0.15) is 0 Å². The molecule has 2 aliphatic carbocycles. The highest BCUT2D eigenvalue weighted by Crippen LogP contribution is 2.54. The summed E-state index contributed by atoms with van der Waals surface area (Å²) in [4.78, 5) is 2.16. The smallest absolute Gasteiger partial charge is 0.123 e. The van der Waals surface area contributed by atoms with E-state index in [-0.39, 0.29) is 11.2 Å². The van der Waals surface area contributed by atoms with E-state index in [0.29, 0.717) is 0 Å². The second-order valence-corrected chi connectivity index (χ2v) is 7.18. The normalized spacial score (nSPS) is 31.9. The Morgan fingerprint density at radius 2 is 1.95 bits per heavy atom. The molecule has 0 saturated heterocycles. The van der Waals surface area contributed by atoms with Gasteiger partial charge in [-0.15, -0.1) is 0 Å². The molecule has 0 radical (unpaired) electrons. The number of hydrogen-bond donors (Lipinski definition) is 1. The van der Waals surface area contributed by atoms with Crippen LogP contribution in [-0.4, -0.2) is 36.2 Å². The van der Waals surface area contributed by atoms with Crippen LogP contribution in [0.4, 0.5) is 4.39 Å². The zero-order chi connectivity index (χ0) is 15.1. The predicted octanol–water partition coefficient (Wildman–Crippen LogP) is 3.27. The summed E-state index contributed by atoms with van der Waals surface area (Å²) in [5, 5.41) is 11.4. The average molecular weight is 291 g/mol. The molecule has 1 aromatic rings. The summed E-state index contributed by atoms with van der Waals surface area (Å²) in [5.74, 6) is -0.173. The minimum Gasteiger partial charge on any atom is -0.389 e. The zero-order valence-electron chi connectivity index (χ0n) is 13.2. The molecule has 1 saturated carbocycles. The van der Waals surface area contributed by atoms with Crippen molar-refractivity contribution in [3.8, 4) is 0 Å². The SMILES string of the molecule is CN(C)CC[C@]12CCCC[C@@]1(O)CCc1ccc(F)cc12. The van der Waals surface area contributed by atoms with E-state index in [2.05, 4.69) is 19.0 Å². The Balaban J connectivity index is 2.09. The quantitative estimate of drug-likeness (QED) is 0.924. The lowest BCUT2D eigenvalue weighted by Gasteiger charge is -2.55. The van der Waals surface area contributed by atoms with Crippen molar-refractivity contribution >= 4 is 0 Å². The predicted molar refractivity (Wildman–Crippen MR) is 83.0 cm³/mol. The van der Waals surface area contributed by atoms with Gasteiger partial charge in [0, 0.05) is 5.41 Å². The summed E-state index contributed by atoms with van der Waals surface area (Å²) in [6.45, 7) is 0.929. The molecule has 1 fully saturated rings. The van der Waals surface area contributed by atoms with Gasteiger partial charge >= 0.3 is 0 Å². The van der Waals surface area contributed by atoms with Crippen LogP contribution in [0.15, 0.2) is 18.2 Å². The van der Waals surface area contributed by atoms with Gasteiger partial charge in [-0.1, -0.05) is 18.9 Å². The molecule has 0 amide bonds. The van der Waals surface area contributed by atoms with Crippen molar-refractivity contribution in [2.75, 3.05) is 20.6 Å². The van der Waals surface area contributed by atoms with Crippen LogP contribution in [0.1, 0.15) is 49.7 Å². The van der Waals surface area contributed by atoms with Crippen LogP contribution in [0.5, 0.6) is 0 Å². The van der Waals surface area contributed by atoms with Crippen molar-refractivity contribution in [1.29, 1.82) is 0 Å². The second kappa shape index (κ2) is 5.36. The minimum atomic E-state index is -0.651. The topological polar surface area (TPSA) is 23.5 Å². The number of aliphatic hydroxyl groups is 1. The summed E-state index contributed by atoms with van der Waals surface area (Å²) in [6, 6.07) is 5.18. The Bertz CT molecular complexity index is 530. The van der Waals surface area contributed by atoms with Crippen molar-refractivity contribution in [3.63, 3.8) is 0 Å². The number of benzene rings is 1. The zero-order valence-corrected chi connectivity index (χ0v) is 13.2. The van der Waals surface area contributed by atoms with Crippen molar-refractivity contribution in [2.24, 2.45) is 0 Å². The lowest BCUT2D eigenvalue weighted by molar-refractivity contribution is -0.0888. The molecule has 0 spiro atoms. The maximum atomic E-state index is 13.9. The molecule has 0 aromatic heterocycles. The maximum absolute atomic E-state index is 13.9. The van der Waals surface area contributed by atoms with E-state index in [4.69, 9.17) is 0 Å². The van der Waals surface area contributed by atoms with E-state index < -0.39 is 5.60 Å². The first kappa shape index (κ1) is 15.0. The van der Waals surface area contributed by atoms with Crippen LogP contribution in [0, 0.1) is 5.82 Å². The average Bonchev–Trinajstić information content (AvgIpc) is 2.45. The fraction of sp³-hybridized carbons (Fsp3) is 0.667. The molecule has 3 heteroatoms. The van der Waals surface area contributed by atoms with Gasteiger partial charge in [-0.05, 0) is 76.0 Å². The maximum Gasteiger partial charge on any atom is 0.123 e. The first-order chi connectivity index (χ1) is 9.97. The summed E-state index contributed by atoms with van der Waals surface area (Å²) in [6.07, 6.45) is 6.66. The molecular formula is C18H26FNO. The van der Waals surface area contributed by atoms with E-state index >= 15 is 0 Å². The molecule has 0 unspecified atom stereocenters. The number of aryl methyl sites for hydroxylation is 1. The number of hydrogen-bond acceptors (Lipinski definition) is 2. The molecule has 0 aliphatic heterocycles. The minimum absolute atomic E-state index is 0.173. The Morgan fingerprint density at radius 3 is 2.71 bits per heavy atom. The summed E-state index contributed by atoms with van der Waals surface area (Å²) in [7, 11) is 4.13. The standard InChI is InChI=1S/C18H26FNO/c1-20(2)12-11-17-8-3-4-9-18(17,21)10-7-14-5-6-15(19)13-16(14)17/h5-6,13,21H,3-4,7-12H2,1-2H3/t17-,18+/m0/s1. The Morgan fingerprint density at radius 1 is 1.19 bits per heavy atom. The lowest BCUT2D eigenvalue weighted by atomic mass is 9.53. The van der Waals surface area contributed by atoms with Gasteiger partial charge in [-0.3, -0.25) is 0 Å². The Hall–Kier alpha value is -0.930. The molecular weight excluding hydrogens is 265 g/mol. The Kier molecular flexibility index (Phi) is 3.83. The molecule has 116 valence electrons. The number of halogens is 1. The van der Waals surface area contributed by atoms with Crippen LogP contribution < -0.4 is 0 Å². The van der Waals surface area contributed by atoms with Crippen molar-refractivity contribution in [3.05, 3.63) is 35.1 Å². The third-order valence-electron chi connectivity index (χ3n) is 5.72. The summed E-state index contributed by atoms with van der Waals surface area (Å²) in [5.41, 5.74) is 1.41. The van der Waals surface area contributed by atoms with Gasteiger partial charge in [0.05, 0.1) is 5.60 Å². The van der Waals surface area contributed by atoms with Gasteiger partial charge < -0.3 is 10.0 Å². The molecule has 3 rings (SSSR count). The fourth-order valence-electron chi connectivity index (χ4n) is 4.53.